The Morgan fingerprint density at radius 2 is 1.85 bits per heavy atom. The maximum atomic E-state index is 12.7. The lowest BCUT2D eigenvalue weighted by Gasteiger charge is -2.17. The number of likely N-dealkylation sites (N-methyl/N-ethyl adjacent to an activating group) is 1. The highest BCUT2D eigenvalue weighted by Gasteiger charge is 2.44. The molecule has 1 N–H and O–H groups in total. The zero-order valence-corrected chi connectivity index (χ0v) is 14.1. The first-order valence-electron chi connectivity index (χ1n) is 7.89. The minimum atomic E-state index is -4.43. The summed E-state index contributed by atoms with van der Waals surface area (Å²) in [7, 11) is 3.25. The molecule has 1 aliphatic heterocycles. The summed E-state index contributed by atoms with van der Waals surface area (Å²) in [5.74, 6) is -2.13. The van der Waals surface area contributed by atoms with Crippen LogP contribution in [0.15, 0.2) is 36.5 Å². The second-order valence-corrected chi connectivity index (χ2v) is 6.29. The Bertz CT molecular complexity index is 829. The van der Waals surface area contributed by atoms with Crippen LogP contribution in [0.4, 0.5) is 19.0 Å². The Morgan fingerprint density at radius 1 is 1.19 bits per heavy atom. The highest BCUT2D eigenvalue weighted by molar-refractivity contribution is 6.08. The van der Waals surface area contributed by atoms with Crippen molar-refractivity contribution in [3.8, 4) is 0 Å². The van der Waals surface area contributed by atoms with E-state index >= 15 is 0 Å². The molecular weight excluding hydrogens is 349 g/mol. The minimum Gasteiger partial charge on any atom is -0.344 e. The highest BCUT2D eigenvalue weighted by Crippen LogP contribution is 2.36. The van der Waals surface area contributed by atoms with Crippen molar-refractivity contribution in [1.29, 1.82) is 0 Å². The van der Waals surface area contributed by atoms with Crippen LogP contribution in [0.5, 0.6) is 0 Å². The molecule has 1 fully saturated rings. The van der Waals surface area contributed by atoms with E-state index in [1.807, 2.05) is 0 Å². The van der Waals surface area contributed by atoms with Crippen molar-refractivity contribution in [2.24, 2.45) is 13.0 Å². The van der Waals surface area contributed by atoms with Crippen molar-refractivity contribution in [2.75, 3.05) is 18.9 Å². The van der Waals surface area contributed by atoms with E-state index in [2.05, 4.69) is 10.4 Å². The second kappa shape index (κ2) is 6.47. The molecule has 6 nitrogen and oxygen atoms in total. The molecule has 1 aromatic carbocycles. The molecule has 9 heteroatoms. The van der Waals surface area contributed by atoms with Gasteiger partial charge in [0.25, 0.3) is 0 Å². The monoisotopic (exact) mass is 366 g/mol. The third-order valence-electron chi connectivity index (χ3n) is 4.43. The normalized spacial score (nSPS) is 20.5. The molecule has 0 unspecified atom stereocenters. The fraction of sp³-hybridized carbons (Fsp3) is 0.353. The van der Waals surface area contributed by atoms with Crippen molar-refractivity contribution < 1.29 is 22.8 Å². The molecule has 0 bridgehead atoms. The smallest absolute Gasteiger partial charge is 0.344 e. The number of halogens is 3. The minimum absolute atomic E-state index is 0.254. The predicted molar refractivity (Wildman–Crippen MR) is 87.1 cm³/mol. The number of hydrogen-bond donors (Lipinski definition) is 1. The number of rotatable bonds is 3. The van der Waals surface area contributed by atoms with Crippen LogP contribution >= 0.6 is 0 Å². The van der Waals surface area contributed by atoms with E-state index in [0.717, 1.165) is 12.1 Å². The molecule has 2 heterocycles. The van der Waals surface area contributed by atoms with Gasteiger partial charge in [0, 0.05) is 38.8 Å². The van der Waals surface area contributed by atoms with Gasteiger partial charge in [-0.3, -0.25) is 14.3 Å². The topological polar surface area (TPSA) is 67.2 Å². The van der Waals surface area contributed by atoms with E-state index in [1.165, 1.54) is 21.7 Å². The molecule has 1 aromatic heterocycles. The van der Waals surface area contributed by atoms with Gasteiger partial charge in [-0.25, -0.2) is 0 Å². The van der Waals surface area contributed by atoms with Crippen LogP contribution in [0.1, 0.15) is 17.0 Å². The lowest BCUT2D eigenvalue weighted by atomic mass is 9.87. The number of alkyl halides is 3. The van der Waals surface area contributed by atoms with E-state index in [-0.39, 0.29) is 12.5 Å². The molecule has 2 amide bonds. The summed E-state index contributed by atoms with van der Waals surface area (Å²) < 4.78 is 39.7. The molecule has 1 aliphatic rings. The van der Waals surface area contributed by atoms with E-state index in [9.17, 15) is 22.8 Å². The van der Waals surface area contributed by atoms with Crippen molar-refractivity contribution >= 4 is 17.6 Å². The Kier molecular flexibility index (Phi) is 4.47. The molecule has 1 saturated heterocycles. The summed E-state index contributed by atoms with van der Waals surface area (Å²) in [5.41, 5.74) is -0.259. The average Bonchev–Trinajstić information content (AvgIpc) is 3.10. The SMILES string of the molecule is CN1C[C@@H](c2ccc(C(F)(F)F)cc2)[C@H](C(=O)Nc2ccn(C)n2)C1=O. The summed E-state index contributed by atoms with van der Waals surface area (Å²) in [6.45, 7) is 0.254. The number of aromatic nitrogens is 2. The highest BCUT2D eigenvalue weighted by atomic mass is 19.4. The van der Waals surface area contributed by atoms with Gasteiger partial charge in [-0.05, 0) is 17.7 Å². The first kappa shape index (κ1) is 18.0. The van der Waals surface area contributed by atoms with E-state index in [0.29, 0.717) is 11.4 Å². The van der Waals surface area contributed by atoms with Crippen molar-refractivity contribution in [3.63, 3.8) is 0 Å². The molecule has 3 rings (SSSR count). The van der Waals surface area contributed by atoms with Crippen molar-refractivity contribution in [3.05, 3.63) is 47.7 Å². The van der Waals surface area contributed by atoms with Crippen LogP contribution in [0.25, 0.3) is 0 Å². The van der Waals surface area contributed by atoms with Gasteiger partial charge in [0.15, 0.2) is 5.82 Å². The second-order valence-electron chi connectivity index (χ2n) is 6.29. The number of aryl methyl sites for hydroxylation is 1. The number of likely N-dealkylation sites (tertiary alicyclic amines) is 1. The average molecular weight is 366 g/mol. The van der Waals surface area contributed by atoms with Gasteiger partial charge >= 0.3 is 6.18 Å². The molecule has 0 radical (unpaired) electrons. The fourth-order valence-electron chi connectivity index (χ4n) is 3.10. The maximum Gasteiger partial charge on any atom is 0.416 e. The van der Waals surface area contributed by atoms with Gasteiger partial charge < -0.3 is 10.2 Å². The largest absolute Gasteiger partial charge is 0.416 e. The molecule has 2 atom stereocenters. The first-order valence-corrected chi connectivity index (χ1v) is 7.89. The Balaban J connectivity index is 1.85. The predicted octanol–water partition coefficient (Wildman–Crippen LogP) is 2.25. The molecule has 0 saturated carbocycles. The van der Waals surface area contributed by atoms with E-state index in [1.54, 1.807) is 26.4 Å². The van der Waals surface area contributed by atoms with Crippen LogP contribution in [-0.2, 0) is 22.8 Å². The third kappa shape index (κ3) is 3.42. The van der Waals surface area contributed by atoms with Crippen LogP contribution in [0.2, 0.25) is 0 Å². The Morgan fingerprint density at radius 3 is 2.38 bits per heavy atom. The number of hydrogen-bond acceptors (Lipinski definition) is 3. The van der Waals surface area contributed by atoms with E-state index in [4.69, 9.17) is 0 Å². The molecule has 138 valence electrons. The van der Waals surface area contributed by atoms with E-state index < -0.39 is 29.5 Å². The fourth-order valence-corrected chi connectivity index (χ4v) is 3.10. The van der Waals surface area contributed by atoms with Gasteiger partial charge in [-0.15, -0.1) is 0 Å². The molecular formula is C17H17F3N4O2. The number of carbonyl (C=O) groups excluding carboxylic acids is 2. The number of anilines is 1. The quantitative estimate of drug-likeness (QED) is 0.848. The van der Waals surface area contributed by atoms with Gasteiger partial charge in [-0.1, -0.05) is 12.1 Å². The summed E-state index contributed by atoms with van der Waals surface area (Å²) in [5, 5.41) is 6.63. The van der Waals surface area contributed by atoms with Gasteiger partial charge in [0.1, 0.15) is 5.92 Å². The van der Waals surface area contributed by atoms with Crippen LogP contribution in [0.3, 0.4) is 0 Å². The van der Waals surface area contributed by atoms with Gasteiger partial charge in [0.05, 0.1) is 5.56 Å². The summed E-state index contributed by atoms with van der Waals surface area (Å²) in [6, 6.07) is 6.16. The lowest BCUT2D eigenvalue weighted by Crippen LogP contribution is -2.32. The van der Waals surface area contributed by atoms with Gasteiger partial charge in [-0.2, -0.15) is 18.3 Å². The van der Waals surface area contributed by atoms with Crippen LogP contribution < -0.4 is 5.32 Å². The van der Waals surface area contributed by atoms with Crippen LogP contribution in [-0.4, -0.2) is 40.1 Å². The zero-order chi connectivity index (χ0) is 19.1. The molecule has 0 spiro atoms. The molecule has 2 aromatic rings. The maximum absolute atomic E-state index is 12.7. The number of carbonyl (C=O) groups is 2. The van der Waals surface area contributed by atoms with Crippen LogP contribution in [0, 0.1) is 5.92 Å². The standard InChI is InChI=1S/C17H17F3N4O2/c1-23-9-12(10-3-5-11(6-4-10)17(18,19)20)14(16(23)26)15(25)21-13-7-8-24(2)22-13/h3-8,12,14H,9H2,1-2H3,(H,21,22,25)/t12-,14+/m0/s1. The Hall–Kier alpha value is -2.84. The number of nitrogens with one attached hydrogen (secondary N) is 1. The number of amides is 2. The Labute approximate surface area is 147 Å². The molecule has 26 heavy (non-hydrogen) atoms. The lowest BCUT2D eigenvalue weighted by molar-refractivity contribution is -0.138. The third-order valence-corrected chi connectivity index (χ3v) is 4.43. The summed E-state index contributed by atoms with van der Waals surface area (Å²) in [6.07, 6.45) is -2.79. The number of benzene rings is 1. The first-order chi connectivity index (χ1) is 12.2. The summed E-state index contributed by atoms with van der Waals surface area (Å²) in [4.78, 5) is 26.4. The molecule has 0 aliphatic carbocycles. The van der Waals surface area contributed by atoms with Gasteiger partial charge in [0.2, 0.25) is 11.8 Å². The summed E-state index contributed by atoms with van der Waals surface area (Å²) >= 11 is 0. The zero-order valence-electron chi connectivity index (χ0n) is 14.1. The number of nitrogens with zero attached hydrogens (tertiary/aromatic N) is 3. The van der Waals surface area contributed by atoms with Crippen molar-refractivity contribution in [1.82, 2.24) is 14.7 Å². The van der Waals surface area contributed by atoms with Crippen molar-refractivity contribution in [2.45, 2.75) is 12.1 Å².